The summed E-state index contributed by atoms with van der Waals surface area (Å²) in [5.74, 6) is -1.23. The molecular formula is C21H17ClN5O3S-. The van der Waals surface area contributed by atoms with Crippen LogP contribution < -0.4 is 10.7 Å². The Morgan fingerprint density at radius 1 is 1.10 bits per heavy atom. The van der Waals surface area contributed by atoms with Crippen LogP contribution in [0.25, 0.3) is 22.8 Å². The molecule has 8 nitrogen and oxygen atoms in total. The molecule has 0 N–H and O–H groups in total. The number of carbonyl (C=O) groups is 1. The summed E-state index contributed by atoms with van der Waals surface area (Å²) in [6.07, 6.45) is 0. The van der Waals surface area contributed by atoms with Gasteiger partial charge in [-0.1, -0.05) is 53.7 Å². The van der Waals surface area contributed by atoms with Gasteiger partial charge in [0.25, 0.3) is 5.56 Å². The molecule has 0 amide bonds. The number of benzene rings is 2. The van der Waals surface area contributed by atoms with Gasteiger partial charge < -0.3 is 9.90 Å². The van der Waals surface area contributed by atoms with E-state index in [1.54, 1.807) is 47.5 Å². The Kier molecular flexibility index (Phi) is 5.71. The molecule has 0 atom stereocenters. The highest BCUT2D eigenvalue weighted by Crippen LogP contribution is 2.32. The van der Waals surface area contributed by atoms with E-state index >= 15 is 0 Å². The van der Waals surface area contributed by atoms with Crippen molar-refractivity contribution in [3.05, 3.63) is 75.7 Å². The van der Waals surface area contributed by atoms with Crippen molar-refractivity contribution >= 4 is 29.3 Å². The normalized spacial score (nSPS) is 11.1. The van der Waals surface area contributed by atoms with Crippen LogP contribution in [0.4, 0.5) is 0 Å². The standard InChI is InChI=1S/C21H18ClN5O3S/c1-13-18(20(30)27(25(13)2)14-8-4-3-5-9-14)26-19(15-10-6-7-11-16(15)22)23-24-21(26)31-12-17(28)29/h3-11H,12H2,1-2H3,(H,28,29)/p-1. The van der Waals surface area contributed by atoms with Crippen LogP contribution in [0.15, 0.2) is 64.5 Å². The van der Waals surface area contributed by atoms with E-state index in [1.165, 1.54) is 4.68 Å². The predicted molar refractivity (Wildman–Crippen MR) is 117 cm³/mol. The summed E-state index contributed by atoms with van der Waals surface area (Å²) in [6, 6.07) is 16.3. The first-order valence-corrected chi connectivity index (χ1v) is 10.6. The smallest absolute Gasteiger partial charge is 0.296 e. The van der Waals surface area contributed by atoms with E-state index in [-0.39, 0.29) is 16.5 Å². The van der Waals surface area contributed by atoms with Crippen molar-refractivity contribution in [2.24, 2.45) is 7.05 Å². The molecule has 4 aromatic rings. The molecule has 0 radical (unpaired) electrons. The second kappa shape index (κ2) is 8.44. The zero-order valence-electron chi connectivity index (χ0n) is 16.7. The first kappa shape index (κ1) is 21.0. The first-order valence-electron chi connectivity index (χ1n) is 9.27. The molecule has 0 bridgehead atoms. The van der Waals surface area contributed by atoms with Gasteiger partial charge in [-0.2, -0.15) is 0 Å². The lowest BCUT2D eigenvalue weighted by molar-refractivity contribution is -0.301. The van der Waals surface area contributed by atoms with Gasteiger partial charge in [-0.25, -0.2) is 4.68 Å². The summed E-state index contributed by atoms with van der Waals surface area (Å²) in [6.45, 7) is 1.81. The molecular weight excluding hydrogens is 438 g/mol. The van der Waals surface area contributed by atoms with Crippen molar-refractivity contribution < 1.29 is 9.90 Å². The number of thioether (sulfide) groups is 1. The van der Waals surface area contributed by atoms with Crippen LogP contribution >= 0.6 is 23.4 Å². The zero-order valence-corrected chi connectivity index (χ0v) is 18.2. The molecule has 0 aliphatic carbocycles. The molecule has 31 heavy (non-hydrogen) atoms. The number of rotatable bonds is 6. The van der Waals surface area contributed by atoms with Gasteiger partial charge in [-0.3, -0.25) is 14.0 Å². The monoisotopic (exact) mass is 454 g/mol. The highest BCUT2D eigenvalue weighted by atomic mass is 35.5. The van der Waals surface area contributed by atoms with Crippen LogP contribution in [-0.4, -0.2) is 35.9 Å². The predicted octanol–water partition coefficient (Wildman–Crippen LogP) is 2.23. The summed E-state index contributed by atoms with van der Waals surface area (Å²) < 4.78 is 4.83. The van der Waals surface area contributed by atoms with E-state index in [4.69, 9.17) is 11.6 Å². The summed E-state index contributed by atoms with van der Waals surface area (Å²) in [5, 5.41) is 20.1. The lowest BCUT2D eigenvalue weighted by Crippen LogP contribution is -2.25. The second-order valence-corrected chi connectivity index (χ2v) is 8.04. The van der Waals surface area contributed by atoms with Crippen LogP contribution in [-0.2, 0) is 11.8 Å². The molecule has 10 heteroatoms. The topological polar surface area (TPSA) is 97.8 Å². The minimum absolute atomic E-state index is 0.255. The Labute approximate surface area is 186 Å². The van der Waals surface area contributed by atoms with Crippen molar-refractivity contribution in [1.29, 1.82) is 0 Å². The van der Waals surface area contributed by atoms with E-state index < -0.39 is 5.97 Å². The molecule has 2 aromatic heterocycles. The SMILES string of the molecule is Cc1c(-n2c(SCC(=O)[O-])nnc2-c2ccccc2Cl)c(=O)n(-c2ccccc2)n1C. The lowest BCUT2D eigenvalue weighted by Gasteiger charge is -2.10. The van der Waals surface area contributed by atoms with E-state index in [0.717, 1.165) is 11.8 Å². The molecule has 0 aliphatic rings. The third-order valence-corrected chi connectivity index (χ3v) is 6.05. The fraction of sp³-hybridized carbons (Fsp3) is 0.143. The molecule has 2 aromatic carbocycles. The van der Waals surface area contributed by atoms with Crippen LogP contribution in [0.2, 0.25) is 5.02 Å². The number of aromatic nitrogens is 5. The summed E-state index contributed by atoms with van der Waals surface area (Å²) in [7, 11) is 1.78. The highest BCUT2D eigenvalue weighted by Gasteiger charge is 2.25. The summed E-state index contributed by atoms with van der Waals surface area (Å²) in [4.78, 5) is 24.6. The molecule has 0 fully saturated rings. The molecule has 4 rings (SSSR count). The Balaban J connectivity index is 2.00. The number of hydrogen-bond acceptors (Lipinski definition) is 6. The third-order valence-electron chi connectivity index (χ3n) is 4.81. The maximum atomic E-state index is 13.6. The summed E-state index contributed by atoms with van der Waals surface area (Å²) >= 11 is 7.31. The molecule has 0 unspecified atom stereocenters. The molecule has 0 aliphatic heterocycles. The van der Waals surface area contributed by atoms with Gasteiger partial charge in [0.1, 0.15) is 5.69 Å². The Hall–Kier alpha value is -3.30. The zero-order chi connectivity index (χ0) is 22.1. The number of halogens is 1. The molecule has 0 saturated heterocycles. The van der Waals surface area contributed by atoms with E-state index in [2.05, 4.69) is 10.2 Å². The molecule has 0 spiro atoms. The molecule has 2 heterocycles. The van der Waals surface area contributed by atoms with Crippen molar-refractivity contribution in [3.63, 3.8) is 0 Å². The second-order valence-electron chi connectivity index (χ2n) is 6.69. The van der Waals surface area contributed by atoms with Crippen molar-refractivity contribution in [2.75, 3.05) is 5.75 Å². The van der Waals surface area contributed by atoms with E-state index in [9.17, 15) is 14.7 Å². The van der Waals surface area contributed by atoms with Crippen molar-refractivity contribution in [1.82, 2.24) is 24.1 Å². The van der Waals surface area contributed by atoms with E-state index in [1.807, 2.05) is 30.3 Å². The fourth-order valence-corrected chi connectivity index (χ4v) is 4.19. The van der Waals surface area contributed by atoms with Crippen molar-refractivity contribution in [3.8, 4) is 22.8 Å². The average molecular weight is 455 g/mol. The van der Waals surface area contributed by atoms with Gasteiger partial charge in [-0.15, -0.1) is 10.2 Å². The molecule has 0 saturated carbocycles. The number of carboxylic acid groups (broad SMARTS) is 1. The quantitative estimate of drug-likeness (QED) is 0.414. The minimum atomic E-state index is -1.25. The van der Waals surface area contributed by atoms with Crippen molar-refractivity contribution in [2.45, 2.75) is 12.1 Å². The number of hydrogen-bond donors (Lipinski definition) is 0. The van der Waals surface area contributed by atoms with Gasteiger partial charge in [0.15, 0.2) is 11.0 Å². The average Bonchev–Trinajstić information content (AvgIpc) is 3.25. The van der Waals surface area contributed by atoms with Gasteiger partial charge in [0.2, 0.25) is 0 Å². The Morgan fingerprint density at radius 2 is 1.77 bits per heavy atom. The highest BCUT2D eigenvalue weighted by molar-refractivity contribution is 7.99. The van der Waals surface area contributed by atoms with Gasteiger partial charge in [-0.05, 0) is 31.2 Å². The van der Waals surface area contributed by atoms with E-state index in [0.29, 0.717) is 33.5 Å². The van der Waals surface area contributed by atoms with Crippen LogP contribution in [0.5, 0.6) is 0 Å². The number of carboxylic acids is 1. The minimum Gasteiger partial charge on any atom is -0.549 e. The van der Waals surface area contributed by atoms with Gasteiger partial charge in [0, 0.05) is 18.4 Å². The lowest BCUT2D eigenvalue weighted by atomic mass is 10.2. The summed E-state index contributed by atoms with van der Waals surface area (Å²) in [5.41, 5.74) is 1.94. The Morgan fingerprint density at radius 3 is 2.45 bits per heavy atom. The van der Waals surface area contributed by atoms with Gasteiger partial charge in [0.05, 0.1) is 22.4 Å². The number of nitrogens with zero attached hydrogens (tertiary/aromatic N) is 5. The van der Waals surface area contributed by atoms with Crippen LogP contribution in [0, 0.1) is 6.92 Å². The first-order chi connectivity index (χ1) is 14.9. The number of para-hydroxylation sites is 1. The number of aliphatic carboxylic acids is 1. The maximum Gasteiger partial charge on any atom is 0.296 e. The fourth-order valence-electron chi connectivity index (χ4n) is 3.32. The third kappa shape index (κ3) is 3.77. The number of carbonyl (C=O) groups excluding carboxylic acids is 1. The van der Waals surface area contributed by atoms with Gasteiger partial charge >= 0.3 is 0 Å². The Bertz CT molecular complexity index is 1330. The maximum absolute atomic E-state index is 13.6. The van der Waals surface area contributed by atoms with Crippen LogP contribution in [0.1, 0.15) is 5.69 Å². The molecule has 158 valence electrons. The van der Waals surface area contributed by atoms with Crippen LogP contribution in [0.3, 0.4) is 0 Å². The largest absolute Gasteiger partial charge is 0.549 e.